The smallest absolute Gasteiger partial charge is 0.0518 e. The lowest BCUT2D eigenvalue weighted by atomic mass is 10.1. The van der Waals surface area contributed by atoms with E-state index in [2.05, 4.69) is 18.7 Å². The summed E-state index contributed by atoms with van der Waals surface area (Å²) in [6.45, 7) is 7.56. The Morgan fingerprint density at radius 1 is 1.33 bits per heavy atom. The molecule has 0 radical (unpaired) electrons. The second-order valence-corrected chi connectivity index (χ2v) is 4.33. The Kier molecular flexibility index (Phi) is 2.10. The topological polar surface area (TPSA) is 26.7 Å². The lowest BCUT2D eigenvalue weighted by molar-refractivity contribution is -0.104. The van der Waals surface area contributed by atoms with E-state index in [4.69, 9.17) is 0 Å². The molecule has 12 heavy (non-hydrogen) atoms. The highest BCUT2D eigenvalue weighted by Gasteiger charge is 2.41. The van der Waals surface area contributed by atoms with Crippen molar-refractivity contribution in [1.82, 2.24) is 9.96 Å². The van der Waals surface area contributed by atoms with Crippen LogP contribution in [0.3, 0.4) is 0 Å². The summed E-state index contributed by atoms with van der Waals surface area (Å²) in [4.78, 5) is 2.46. The molecule has 0 saturated carbocycles. The van der Waals surface area contributed by atoms with Gasteiger partial charge in [0.25, 0.3) is 0 Å². The van der Waals surface area contributed by atoms with Crippen molar-refractivity contribution >= 4 is 0 Å². The minimum absolute atomic E-state index is 0.424. The average molecular weight is 170 g/mol. The fraction of sp³-hybridized carbons (Fsp3) is 1.00. The molecule has 0 aliphatic carbocycles. The molecule has 3 nitrogen and oxygen atoms in total. The third kappa shape index (κ3) is 1.26. The first-order valence-electron chi connectivity index (χ1n) is 4.88. The summed E-state index contributed by atoms with van der Waals surface area (Å²) in [5, 5.41) is 11.0. The third-order valence-electron chi connectivity index (χ3n) is 3.28. The van der Waals surface area contributed by atoms with Crippen LogP contribution in [0.4, 0.5) is 0 Å². The van der Waals surface area contributed by atoms with Gasteiger partial charge in [0.2, 0.25) is 0 Å². The molecule has 2 aliphatic rings. The van der Waals surface area contributed by atoms with Crippen molar-refractivity contribution in [3.8, 4) is 0 Å². The predicted octanol–water partition coefficient (Wildman–Crippen LogP) is 0.790. The number of rotatable bonds is 1. The van der Waals surface area contributed by atoms with Crippen molar-refractivity contribution in [2.45, 2.75) is 32.4 Å². The Hall–Kier alpha value is -0.120. The van der Waals surface area contributed by atoms with Crippen molar-refractivity contribution in [2.75, 3.05) is 19.6 Å². The maximum absolute atomic E-state index is 9.51. The van der Waals surface area contributed by atoms with Crippen molar-refractivity contribution in [3.63, 3.8) is 0 Å². The Morgan fingerprint density at radius 3 is 2.67 bits per heavy atom. The van der Waals surface area contributed by atoms with Crippen molar-refractivity contribution in [1.29, 1.82) is 0 Å². The molecule has 2 unspecified atom stereocenters. The van der Waals surface area contributed by atoms with Gasteiger partial charge in [-0.3, -0.25) is 4.90 Å². The van der Waals surface area contributed by atoms with Gasteiger partial charge in [0, 0.05) is 25.7 Å². The first kappa shape index (κ1) is 8.48. The van der Waals surface area contributed by atoms with Gasteiger partial charge in [-0.25, -0.2) is 0 Å². The average Bonchev–Trinajstić information content (AvgIpc) is 2.53. The maximum Gasteiger partial charge on any atom is 0.0518 e. The first-order chi connectivity index (χ1) is 5.68. The Labute approximate surface area is 73.9 Å². The second-order valence-electron chi connectivity index (χ2n) is 4.33. The number of likely N-dealkylation sites (tertiary alicyclic amines) is 1. The van der Waals surface area contributed by atoms with E-state index in [0.29, 0.717) is 12.1 Å². The second kappa shape index (κ2) is 2.98. The zero-order valence-corrected chi connectivity index (χ0v) is 7.90. The minimum Gasteiger partial charge on any atom is -0.314 e. The normalized spacial score (nSPS) is 38.0. The molecule has 2 saturated heterocycles. The molecule has 2 heterocycles. The van der Waals surface area contributed by atoms with E-state index in [1.54, 1.807) is 0 Å². The molecule has 2 fully saturated rings. The van der Waals surface area contributed by atoms with Crippen LogP contribution in [0.2, 0.25) is 0 Å². The van der Waals surface area contributed by atoms with E-state index < -0.39 is 0 Å². The van der Waals surface area contributed by atoms with Crippen molar-refractivity contribution in [2.24, 2.45) is 5.92 Å². The van der Waals surface area contributed by atoms with Crippen LogP contribution in [0.5, 0.6) is 0 Å². The van der Waals surface area contributed by atoms with Gasteiger partial charge in [0.1, 0.15) is 0 Å². The highest BCUT2D eigenvalue weighted by molar-refractivity contribution is 4.93. The molecular formula is C9H18N2O. The van der Waals surface area contributed by atoms with Gasteiger partial charge in [0.15, 0.2) is 0 Å². The van der Waals surface area contributed by atoms with E-state index in [1.807, 2.05) is 0 Å². The molecule has 3 heteroatoms. The lowest BCUT2D eigenvalue weighted by Gasteiger charge is -2.22. The SMILES string of the molecule is CC(C)N1CC2CCN(O)C2C1. The molecule has 0 aromatic heterocycles. The summed E-state index contributed by atoms with van der Waals surface area (Å²) < 4.78 is 0. The van der Waals surface area contributed by atoms with Gasteiger partial charge in [-0.05, 0) is 26.2 Å². The summed E-state index contributed by atoms with van der Waals surface area (Å²) in [5.41, 5.74) is 0. The molecule has 1 N–H and O–H groups in total. The fourth-order valence-electron chi connectivity index (χ4n) is 2.39. The van der Waals surface area contributed by atoms with Gasteiger partial charge in [-0.2, -0.15) is 5.06 Å². The van der Waals surface area contributed by atoms with Gasteiger partial charge >= 0.3 is 0 Å². The molecule has 0 aromatic rings. The molecule has 0 amide bonds. The van der Waals surface area contributed by atoms with E-state index in [-0.39, 0.29) is 0 Å². The van der Waals surface area contributed by atoms with Gasteiger partial charge in [-0.1, -0.05) is 0 Å². The van der Waals surface area contributed by atoms with Crippen LogP contribution in [0, 0.1) is 5.92 Å². The molecule has 70 valence electrons. The molecule has 2 aliphatic heterocycles. The van der Waals surface area contributed by atoms with E-state index in [9.17, 15) is 5.21 Å². The summed E-state index contributed by atoms with van der Waals surface area (Å²) in [6, 6.07) is 1.05. The highest BCUT2D eigenvalue weighted by Crippen LogP contribution is 2.30. The number of hydrogen-bond acceptors (Lipinski definition) is 3. The van der Waals surface area contributed by atoms with Crippen LogP contribution in [0.25, 0.3) is 0 Å². The van der Waals surface area contributed by atoms with E-state index in [1.165, 1.54) is 18.0 Å². The molecule has 0 spiro atoms. The van der Waals surface area contributed by atoms with Crippen molar-refractivity contribution < 1.29 is 5.21 Å². The third-order valence-corrected chi connectivity index (χ3v) is 3.28. The van der Waals surface area contributed by atoms with Crippen LogP contribution in [-0.2, 0) is 0 Å². The summed E-state index contributed by atoms with van der Waals surface area (Å²) in [5.74, 6) is 0.720. The summed E-state index contributed by atoms with van der Waals surface area (Å²) in [6.07, 6.45) is 1.17. The zero-order chi connectivity index (χ0) is 8.72. The zero-order valence-electron chi connectivity index (χ0n) is 7.90. The number of hydroxylamine groups is 2. The van der Waals surface area contributed by atoms with Crippen molar-refractivity contribution in [3.05, 3.63) is 0 Å². The summed E-state index contributed by atoms with van der Waals surface area (Å²) >= 11 is 0. The van der Waals surface area contributed by atoms with Crippen LogP contribution < -0.4 is 0 Å². The number of nitrogens with zero attached hydrogens (tertiary/aromatic N) is 2. The molecule has 0 bridgehead atoms. The largest absolute Gasteiger partial charge is 0.314 e. The highest BCUT2D eigenvalue weighted by atomic mass is 16.5. The maximum atomic E-state index is 9.51. The monoisotopic (exact) mass is 170 g/mol. The Balaban J connectivity index is 1.98. The van der Waals surface area contributed by atoms with Crippen LogP contribution in [0.15, 0.2) is 0 Å². The predicted molar refractivity (Wildman–Crippen MR) is 47.1 cm³/mol. The molecular weight excluding hydrogens is 152 g/mol. The van der Waals surface area contributed by atoms with Crippen LogP contribution >= 0.6 is 0 Å². The summed E-state index contributed by atoms with van der Waals surface area (Å²) in [7, 11) is 0. The van der Waals surface area contributed by atoms with Gasteiger partial charge < -0.3 is 5.21 Å². The van der Waals surface area contributed by atoms with Crippen LogP contribution in [-0.4, -0.2) is 46.9 Å². The van der Waals surface area contributed by atoms with Crippen LogP contribution in [0.1, 0.15) is 20.3 Å². The molecule has 2 rings (SSSR count). The first-order valence-corrected chi connectivity index (χ1v) is 4.88. The van der Waals surface area contributed by atoms with Gasteiger partial charge in [0.05, 0.1) is 6.04 Å². The fourth-order valence-corrected chi connectivity index (χ4v) is 2.39. The van der Waals surface area contributed by atoms with E-state index >= 15 is 0 Å². The molecule has 0 aromatic carbocycles. The lowest BCUT2D eigenvalue weighted by Crippen LogP contribution is -2.35. The quantitative estimate of drug-likeness (QED) is 0.630. The minimum atomic E-state index is 0.424. The Morgan fingerprint density at radius 2 is 2.08 bits per heavy atom. The van der Waals surface area contributed by atoms with E-state index in [0.717, 1.165) is 19.0 Å². The number of fused-ring (bicyclic) bond motifs is 1. The number of hydrogen-bond donors (Lipinski definition) is 1. The molecule has 2 atom stereocenters. The van der Waals surface area contributed by atoms with Gasteiger partial charge in [-0.15, -0.1) is 0 Å². The standard InChI is InChI=1S/C9H18N2O/c1-7(2)10-5-8-3-4-11(12)9(8)6-10/h7-9,12H,3-6H2,1-2H3. The Bertz CT molecular complexity index is 172.